The molecule has 0 radical (unpaired) electrons. The van der Waals surface area contributed by atoms with E-state index in [4.69, 9.17) is 0 Å². The summed E-state index contributed by atoms with van der Waals surface area (Å²) >= 11 is 0. The van der Waals surface area contributed by atoms with Gasteiger partial charge in [-0.05, 0) is 48.7 Å². The summed E-state index contributed by atoms with van der Waals surface area (Å²) in [5.74, 6) is -0.301. The lowest BCUT2D eigenvalue weighted by Crippen LogP contribution is -2.28. The molecule has 126 valence electrons. The standard InChI is InChI=1S/C17H19N3O3S/c21-17(19-13-14-6-8-18-9-7-14)15-4-3-5-16(12-15)24(22,23)20-10-1-2-11-20/h3-9,12H,1-2,10-11,13H2,(H,19,21). The van der Waals surface area contributed by atoms with E-state index in [-0.39, 0.29) is 10.8 Å². The minimum absolute atomic E-state index is 0.168. The average Bonchev–Trinajstić information content (AvgIpc) is 3.16. The number of nitrogens with one attached hydrogen (secondary N) is 1. The monoisotopic (exact) mass is 345 g/mol. The predicted molar refractivity (Wildman–Crippen MR) is 89.8 cm³/mol. The zero-order valence-corrected chi connectivity index (χ0v) is 14.0. The molecular weight excluding hydrogens is 326 g/mol. The Balaban J connectivity index is 1.74. The van der Waals surface area contributed by atoms with Crippen LogP contribution in [0.4, 0.5) is 0 Å². The first-order valence-corrected chi connectivity index (χ1v) is 9.29. The number of carbonyl (C=O) groups excluding carboxylic acids is 1. The van der Waals surface area contributed by atoms with E-state index in [9.17, 15) is 13.2 Å². The second-order valence-corrected chi connectivity index (χ2v) is 7.62. The molecule has 0 unspecified atom stereocenters. The third-order valence-corrected chi connectivity index (χ3v) is 5.90. The lowest BCUT2D eigenvalue weighted by atomic mass is 10.2. The quantitative estimate of drug-likeness (QED) is 0.896. The molecule has 1 aromatic heterocycles. The summed E-state index contributed by atoms with van der Waals surface area (Å²) in [6.45, 7) is 1.45. The Hall–Kier alpha value is -2.25. The fourth-order valence-electron chi connectivity index (χ4n) is 2.66. The van der Waals surface area contributed by atoms with Crippen molar-refractivity contribution in [1.82, 2.24) is 14.6 Å². The van der Waals surface area contributed by atoms with Crippen LogP contribution in [0.3, 0.4) is 0 Å². The molecule has 1 N–H and O–H groups in total. The number of carbonyl (C=O) groups is 1. The van der Waals surface area contributed by atoms with Gasteiger partial charge in [0, 0.05) is 37.6 Å². The molecule has 3 rings (SSSR count). The van der Waals surface area contributed by atoms with Crippen LogP contribution in [0.2, 0.25) is 0 Å². The number of pyridine rings is 1. The van der Waals surface area contributed by atoms with Crippen molar-refractivity contribution in [3.05, 3.63) is 59.9 Å². The first-order chi connectivity index (χ1) is 11.6. The van der Waals surface area contributed by atoms with Gasteiger partial charge in [0.25, 0.3) is 5.91 Å². The van der Waals surface area contributed by atoms with Gasteiger partial charge >= 0.3 is 0 Å². The maximum atomic E-state index is 12.6. The highest BCUT2D eigenvalue weighted by atomic mass is 32.2. The van der Waals surface area contributed by atoms with Gasteiger partial charge in [0.1, 0.15) is 0 Å². The van der Waals surface area contributed by atoms with Gasteiger partial charge in [-0.25, -0.2) is 8.42 Å². The minimum atomic E-state index is -3.52. The Morgan fingerprint density at radius 2 is 1.83 bits per heavy atom. The van der Waals surface area contributed by atoms with E-state index < -0.39 is 10.0 Å². The number of benzene rings is 1. The topological polar surface area (TPSA) is 79.4 Å². The number of rotatable bonds is 5. The van der Waals surface area contributed by atoms with Gasteiger partial charge < -0.3 is 5.32 Å². The van der Waals surface area contributed by atoms with E-state index >= 15 is 0 Å². The van der Waals surface area contributed by atoms with Gasteiger partial charge in [0.05, 0.1) is 4.90 Å². The fourth-order valence-corrected chi connectivity index (χ4v) is 4.22. The Morgan fingerprint density at radius 1 is 1.12 bits per heavy atom. The second kappa shape index (κ2) is 7.11. The molecule has 0 spiro atoms. The van der Waals surface area contributed by atoms with E-state index in [1.807, 2.05) is 12.1 Å². The molecule has 1 fully saturated rings. The van der Waals surface area contributed by atoms with Gasteiger partial charge in [-0.15, -0.1) is 0 Å². The van der Waals surface area contributed by atoms with Gasteiger partial charge in [-0.2, -0.15) is 4.31 Å². The van der Waals surface area contributed by atoms with E-state index in [1.165, 1.54) is 16.4 Å². The molecule has 6 nitrogen and oxygen atoms in total. The van der Waals surface area contributed by atoms with E-state index in [0.717, 1.165) is 18.4 Å². The highest BCUT2D eigenvalue weighted by molar-refractivity contribution is 7.89. The molecule has 24 heavy (non-hydrogen) atoms. The van der Waals surface area contributed by atoms with Gasteiger partial charge in [0.2, 0.25) is 10.0 Å². The Morgan fingerprint density at radius 3 is 2.54 bits per heavy atom. The summed E-state index contributed by atoms with van der Waals surface area (Å²) in [6, 6.07) is 9.82. The molecule has 2 heterocycles. The lowest BCUT2D eigenvalue weighted by molar-refractivity contribution is 0.0950. The predicted octanol–water partition coefficient (Wildman–Crippen LogP) is 1.80. The normalized spacial score (nSPS) is 15.3. The molecule has 2 aromatic rings. The molecule has 1 aromatic carbocycles. The summed E-state index contributed by atoms with van der Waals surface area (Å²) in [5, 5.41) is 2.79. The van der Waals surface area contributed by atoms with Crippen LogP contribution in [-0.4, -0.2) is 36.7 Å². The Labute approximate surface area is 141 Å². The van der Waals surface area contributed by atoms with Crippen LogP contribution in [0.1, 0.15) is 28.8 Å². The molecule has 0 bridgehead atoms. The number of hydrogen-bond donors (Lipinski definition) is 1. The third-order valence-electron chi connectivity index (χ3n) is 4.00. The SMILES string of the molecule is O=C(NCc1ccncc1)c1cccc(S(=O)(=O)N2CCCC2)c1. The van der Waals surface area contributed by atoms with E-state index in [1.54, 1.807) is 24.5 Å². The number of hydrogen-bond acceptors (Lipinski definition) is 4. The van der Waals surface area contributed by atoms with E-state index in [2.05, 4.69) is 10.3 Å². The van der Waals surface area contributed by atoms with Crippen LogP contribution in [0, 0.1) is 0 Å². The molecule has 1 aliphatic rings. The first kappa shape index (κ1) is 16.6. The molecule has 1 aliphatic heterocycles. The van der Waals surface area contributed by atoms with Crippen LogP contribution >= 0.6 is 0 Å². The van der Waals surface area contributed by atoms with Crippen LogP contribution in [0.25, 0.3) is 0 Å². The highest BCUT2D eigenvalue weighted by Gasteiger charge is 2.27. The van der Waals surface area contributed by atoms with Crippen molar-refractivity contribution in [2.75, 3.05) is 13.1 Å². The van der Waals surface area contributed by atoms with Gasteiger partial charge in [-0.1, -0.05) is 6.07 Å². The Kier molecular flexibility index (Phi) is 4.92. The summed E-state index contributed by atoms with van der Waals surface area (Å²) in [7, 11) is -3.52. The molecule has 1 amide bonds. The Bertz CT molecular complexity index is 816. The minimum Gasteiger partial charge on any atom is -0.348 e. The number of aromatic nitrogens is 1. The van der Waals surface area contributed by atoms with Crippen molar-refractivity contribution >= 4 is 15.9 Å². The molecule has 0 saturated carbocycles. The van der Waals surface area contributed by atoms with Crippen molar-refractivity contribution in [2.45, 2.75) is 24.3 Å². The number of nitrogens with zero attached hydrogens (tertiary/aromatic N) is 2. The molecule has 7 heteroatoms. The first-order valence-electron chi connectivity index (χ1n) is 7.85. The van der Waals surface area contributed by atoms with Crippen LogP contribution in [-0.2, 0) is 16.6 Å². The highest BCUT2D eigenvalue weighted by Crippen LogP contribution is 2.21. The zero-order valence-electron chi connectivity index (χ0n) is 13.2. The fraction of sp³-hybridized carbons (Fsp3) is 0.294. The molecule has 0 aliphatic carbocycles. The van der Waals surface area contributed by atoms with Gasteiger partial charge in [0.15, 0.2) is 0 Å². The lowest BCUT2D eigenvalue weighted by Gasteiger charge is -2.16. The third kappa shape index (κ3) is 3.63. The molecule has 0 atom stereocenters. The summed E-state index contributed by atoms with van der Waals surface area (Å²) < 4.78 is 26.6. The largest absolute Gasteiger partial charge is 0.348 e. The van der Waals surface area contributed by atoms with Gasteiger partial charge in [-0.3, -0.25) is 9.78 Å². The van der Waals surface area contributed by atoms with Crippen molar-refractivity contribution < 1.29 is 13.2 Å². The molecule has 1 saturated heterocycles. The smallest absolute Gasteiger partial charge is 0.251 e. The number of sulfonamides is 1. The van der Waals surface area contributed by atoms with Crippen LogP contribution in [0.5, 0.6) is 0 Å². The number of amides is 1. The summed E-state index contributed by atoms with van der Waals surface area (Å²) in [6.07, 6.45) is 5.08. The molecular formula is C17H19N3O3S. The zero-order chi connectivity index (χ0) is 17.0. The average molecular weight is 345 g/mol. The maximum absolute atomic E-state index is 12.6. The van der Waals surface area contributed by atoms with Crippen molar-refractivity contribution in [1.29, 1.82) is 0 Å². The maximum Gasteiger partial charge on any atom is 0.251 e. The summed E-state index contributed by atoms with van der Waals surface area (Å²) in [5.41, 5.74) is 1.27. The van der Waals surface area contributed by atoms with Crippen LogP contribution < -0.4 is 5.32 Å². The van der Waals surface area contributed by atoms with Crippen molar-refractivity contribution in [2.24, 2.45) is 0 Å². The summed E-state index contributed by atoms with van der Waals surface area (Å²) in [4.78, 5) is 16.4. The van der Waals surface area contributed by atoms with Crippen LogP contribution in [0.15, 0.2) is 53.7 Å². The van der Waals surface area contributed by atoms with Crippen molar-refractivity contribution in [3.63, 3.8) is 0 Å². The second-order valence-electron chi connectivity index (χ2n) is 5.68. The van der Waals surface area contributed by atoms with E-state index in [0.29, 0.717) is 25.2 Å². The van der Waals surface area contributed by atoms with Crippen molar-refractivity contribution in [3.8, 4) is 0 Å².